The number of hydrogen-bond acceptors (Lipinski definition) is 4. The summed E-state index contributed by atoms with van der Waals surface area (Å²) in [5, 5.41) is 0. The SMILES string of the molecule is CO[C@H]1CCCN(C(=O)[C@@H]2CCCC23OCCO3)C1. The summed E-state index contributed by atoms with van der Waals surface area (Å²) in [6.07, 6.45) is 4.99. The van der Waals surface area contributed by atoms with E-state index < -0.39 is 5.79 Å². The lowest BCUT2D eigenvalue weighted by atomic mass is 9.98. The third-order valence-electron chi connectivity index (χ3n) is 4.65. The Hall–Kier alpha value is -0.650. The molecule has 1 spiro atoms. The molecule has 1 amide bonds. The Labute approximate surface area is 114 Å². The molecule has 0 unspecified atom stereocenters. The lowest BCUT2D eigenvalue weighted by Gasteiger charge is -2.37. The summed E-state index contributed by atoms with van der Waals surface area (Å²) >= 11 is 0. The molecule has 2 saturated heterocycles. The van der Waals surface area contributed by atoms with E-state index >= 15 is 0 Å². The first-order chi connectivity index (χ1) is 9.25. The van der Waals surface area contributed by atoms with E-state index in [4.69, 9.17) is 14.2 Å². The van der Waals surface area contributed by atoms with Gasteiger partial charge in [-0.1, -0.05) is 0 Å². The van der Waals surface area contributed by atoms with Crippen LogP contribution in [0.15, 0.2) is 0 Å². The molecule has 19 heavy (non-hydrogen) atoms. The van der Waals surface area contributed by atoms with E-state index in [9.17, 15) is 4.79 Å². The number of piperidine rings is 1. The first-order valence-corrected chi connectivity index (χ1v) is 7.35. The van der Waals surface area contributed by atoms with E-state index in [0.29, 0.717) is 19.8 Å². The molecule has 0 N–H and O–H groups in total. The minimum absolute atomic E-state index is 0.120. The molecule has 1 aliphatic carbocycles. The number of carbonyl (C=O) groups excluding carboxylic acids is 1. The standard InChI is InChI=1S/C14H23NO4/c1-17-11-4-3-7-15(10-11)13(16)12-5-2-6-14(12)18-8-9-19-14/h11-12H,2-10H2,1H3/t11-,12-/m0/s1. The molecular weight excluding hydrogens is 246 g/mol. The van der Waals surface area contributed by atoms with Crippen molar-refractivity contribution in [3.63, 3.8) is 0 Å². The topological polar surface area (TPSA) is 48.0 Å². The van der Waals surface area contributed by atoms with E-state index in [2.05, 4.69) is 0 Å². The smallest absolute Gasteiger partial charge is 0.231 e. The van der Waals surface area contributed by atoms with Crippen molar-refractivity contribution in [1.82, 2.24) is 4.90 Å². The minimum Gasteiger partial charge on any atom is -0.380 e. The van der Waals surface area contributed by atoms with Crippen LogP contribution < -0.4 is 0 Å². The first-order valence-electron chi connectivity index (χ1n) is 7.35. The Bertz CT molecular complexity index is 335. The minimum atomic E-state index is -0.614. The molecule has 5 nitrogen and oxygen atoms in total. The van der Waals surface area contributed by atoms with Gasteiger partial charge in [0.2, 0.25) is 5.91 Å². The van der Waals surface area contributed by atoms with Crippen LogP contribution in [-0.4, -0.2) is 56.1 Å². The van der Waals surface area contributed by atoms with Gasteiger partial charge in [0.25, 0.3) is 0 Å². The van der Waals surface area contributed by atoms with Crippen LogP contribution in [0.1, 0.15) is 32.1 Å². The predicted octanol–water partition coefficient (Wildman–Crippen LogP) is 1.17. The summed E-state index contributed by atoms with van der Waals surface area (Å²) in [6, 6.07) is 0. The maximum atomic E-state index is 12.7. The quantitative estimate of drug-likeness (QED) is 0.755. The fourth-order valence-corrected chi connectivity index (χ4v) is 3.63. The maximum absolute atomic E-state index is 12.7. The number of rotatable bonds is 2. The van der Waals surface area contributed by atoms with Crippen molar-refractivity contribution in [2.24, 2.45) is 5.92 Å². The van der Waals surface area contributed by atoms with Gasteiger partial charge in [-0.15, -0.1) is 0 Å². The van der Waals surface area contributed by atoms with Crippen molar-refractivity contribution in [3.05, 3.63) is 0 Å². The highest BCUT2D eigenvalue weighted by atomic mass is 16.7. The number of likely N-dealkylation sites (tertiary alicyclic amines) is 1. The molecule has 5 heteroatoms. The van der Waals surface area contributed by atoms with Gasteiger partial charge in [0, 0.05) is 26.6 Å². The monoisotopic (exact) mass is 269 g/mol. The maximum Gasteiger partial charge on any atom is 0.231 e. The van der Waals surface area contributed by atoms with Crippen LogP contribution in [0.5, 0.6) is 0 Å². The molecule has 2 aliphatic heterocycles. The molecule has 0 aromatic heterocycles. The summed E-state index contributed by atoms with van der Waals surface area (Å²) in [7, 11) is 1.72. The Morgan fingerprint density at radius 2 is 2.05 bits per heavy atom. The Morgan fingerprint density at radius 1 is 1.26 bits per heavy atom. The summed E-state index contributed by atoms with van der Waals surface area (Å²) in [4.78, 5) is 14.7. The lowest BCUT2D eigenvalue weighted by molar-refractivity contribution is -0.193. The van der Waals surface area contributed by atoms with E-state index in [-0.39, 0.29) is 17.9 Å². The Morgan fingerprint density at radius 3 is 2.79 bits per heavy atom. The van der Waals surface area contributed by atoms with Gasteiger partial charge in [0.05, 0.1) is 25.2 Å². The van der Waals surface area contributed by atoms with Crippen LogP contribution in [0, 0.1) is 5.92 Å². The summed E-state index contributed by atoms with van der Waals surface area (Å²) < 4.78 is 17.0. The van der Waals surface area contributed by atoms with E-state index in [1.807, 2.05) is 4.90 Å². The van der Waals surface area contributed by atoms with Crippen LogP contribution in [0.4, 0.5) is 0 Å². The largest absolute Gasteiger partial charge is 0.380 e. The zero-order valence-corrected chi connectivity index (χ0v) is 11.6. The van der Waals surface area contributed by atoms with Gasteiger partial charge in [-0.05, 0) is 25.7 Å². The summed E-state index contributed by atoms with van der Waals surface area (Å²) in [5.41, 5.74) is 0. The van der Waals surface area contributed by atoms with Gasteiger partial charge in [0.15, 0.2) is 5.79 Å². The van der Waals surface area contributed by atoms with Crippen LogP contribution in [0.3, 0.4) is 0 Å². The molecule has 1 saturated carbocycles. The second-order valence-electron chi connectivity index (χ2n) is 5.74. The fourth-order valence-electron chi connectivity index (χ4n) is 3.63. The first kappa shape index (κ1) is 13.3. The normalized spacial score (nSPS) is 34.1. The molecule has 0 bridgehead atoms. The van der Waals surface area contributed by atoms with Crippen LogP contribution in [0.2, 0.25) is 0 Å². The molecule has 3 fully saturated rings. The summed E-state index contributed by atoms with van der Waals surface area (Å²) in [5.74, 6) is -0.538. The van der Waals surface area contributed by atoms with Gasteiger partial charge in [0.1, 0.15) is 0 Å². The van der Waals surface area contributed by atoms with Gasteiger partial charge >= 0.3 is 0 Å². The van der Waals surface area contributed by atoms with Gasteiger partial charge in [-0.25, -0.2) is 0 Å². The number of ether oxygens (including phenoxy) is 3. The fraction of sp³-hybridized carbons (Fsp3) is 0.929. The van der Waals surface area contributed by atoms with Crippen LogP contribution >= 0.6 is 0 Å². The highest BCUT2D eigenvalue weighted by Gasteiger charge is 2.52. The number of amides is 1. The lowest BCUT2D eigenvalue weighted by Crippen LogP contribution is -2.50. The summed E-state index contributed by atoms with van der Waals surface area (Å²) in [6.45, 7) is 2.78. The van der Waals surface area contributed by atoms with Crippen molar-refractivity contribution in [1.29, 1.82) is 0 Å². The third-order valence-corrected chi connectivity index (χ3v) is 4.65. The van der Waals surface area contributed by atoms with Crippen molar-refractivity contribution in [2.45, 2.75) is 44.0 Å². The number of carbonyl (C=O) groups is 1. The Balaban J connectivity index is 1.69. The zero-order chi connectivity index (χ0) is 13.3. The second-order valence-corrected chi connectivity index (χ2v) is 5.74. The number of nitrogens with zero attached hydrogens (tertiary/aromatic N) is 1. The van der Waals surface area contributed by atoms with Crippen molar-refractivity contribution >= 4 is 5.91 Å². The number of methoxy groups -OCH3 is 1. The molecule has 3 aliphatic rings. The molecule has 108 valence electrons. The zero-order valence-electron chi connectivity index (χ0n) is 11.6. The van der Waals surface area contributed by atoms with E-state index in [0.717, 1.165) is 38.6 Å². The van der Waals surface area contributed by atoms with Crippen molar-refractivity contribution < 1.29 is 19.0 Å². The van der Waals surface area contributed by atoms with Gasteiger partial charge in [-0.2, -0.15) is 0 Å². The molecule has 3 rings (SSSR count). The van der Waals surface area contributed by atoms with Crippen LogP contribution in [0.25, 0.3) is 0 Å². The van der Waals surface area contributed by atoms with Crippen molar-refractivity contribution in [2.75, 3.05) is 33.4 Å². The molecule has 2 atom stereocenters. The molecule has 0 aromatic rings. The highest BCUT2D eigenvalue weighted by Crippen LogP contribution is 2.43. The molecular formula is C14H23NO4. The average molecular weight is 269 g/mol. The second kappa shape index (κ2) is 5.38. The van der Waals surface area contributed by atoms with Crippen LogP contribution in [-0.2, 0) is 19.0 Å². The van der Waals surface area contributed by atoms with Gasteiger partial charge in [-0.3, -0.25) is 4.79 Å². The van der Waals surface area contributed by atoms with Crippen molar-refractivity contribution in [3.8, 4) is 0 Å². The van der Waals surface area contributed by atoms with Gasteiger partial charge < -0.3 is 19.1 Å². The molecule has 0 aromatic carbocycles. The van der Waals surface area contributed by atoms with E-state index in [1.54, 1.807) is 7.11 Å². The predicted molar refractivity (Wildman–Crippen MR) is 68.6 cm³/mol. The molecule has 2 heterocycles. The molecule has 0 radical (unpaired) electrons. The third kappa shape index (κ3) is 2.39. The highest BCUT2D eigenvalue weighted by molar-refractivity contribution is 5.80. The Kier molecular flexibility index (Phi) is 3.78. The average Bonchev–Trinajstić information content (AvgIpc) is 3.09. The van der Waals surface area contributed by atoms with E-state index in [1.165, 1.54) is 0 Å². The number of hydrogen-bond donors (Lipinski definition) is 0.